The number of phenolic OH excluding ortho intramolecular Hbond substituents is 1. The lowest BCUT2D eigenvalue weighted by molar-refractivity contribution is 0.0982. The normalized spacial score (nSPS) is 15.7. The topological polar surface area (TPSA) is 73.4 Å². The van der Waals surface area contributed by atoms with Crippen molar-refractivity contribution in [2.75, 3.05) is 11.4 Å². The van der Waals surface area contributed by atoms with Crippen LogP contribution in [-0.4, -0.2) is 33.2 Å². The fraction of sp³-hybridized carbons (Fsp3) is 0.167. The maximum absolute atomic E-state index is 13.5. The summed E-state index contributed by atoms with van der Waals surface area (Å²) in [6, 6.07) is 16.1. The third-order valence-electron chi connectivity index (χ3n) is 5.89. The van der Waals surface area contributed by atoms with E-state index >= 15 is 0 Å². The van der Waals surface area contributed by atoms with Crippen LogP contribution in [0.3, 0.4) is 0 Å². The van der Waals surface area contributed by atoms with Crippen LogP contribution in [-0.2, 0) is 0 Å². The zero-order valence-corrected chi connectivity index (χ0v) is 18.0. The van der Waals surface area contributed by atoms with Crippen molar-refractivity contribution in [2.45, 2.75) is 17.7 Å². The molecule has 1 amide bonds. The summed E-state index contributed by atoms with van der Waals surface area (Å²) in [5.74, 6) is -0.490. The number of nitrogens with zero attached hydrogens (tertiary/aromatic N) is 1. The van der Waals surface area contributed by atoms with Crippen LogP contribution in [0.5, 0.6) is 5.75 Å². The average Bonchev–Trinajstić information content (AvgIpc) is 3.34. The number of Topliss-reactive ketones (excluding diaryl/α,β-unsaturated/α-hetero) is 1. The van der Waals surface area contributed by atoms with Crippen molar-refractivity contribution in [3.05, 3.63) is 71.4 Å². The molecular formula is C24H18Cl2N2O3. The molecule has 1 aromatic heterocycles. The van der Waals surface area contributed by atoms with E-state index in [4.69, 9.17) is 23.2 Å². The van der Waals surface area contributed by atoms with Crippen molar-refractivity contribution in [2.24, 2.45) is 0 Å². The SMILES string of the molecule is CC(=O)c1ccc2[nH]c(C(=O)N3C[C@@H](C(Cl)Cl)c4c3cc(O)c3ccccc43)cc2c1. The molecule has 3 aromatic carbocycles. The lowest BCUT2D eigenvalue weighted by Crippen LogP contribution is -2.31. The van der Waals surface area contributed by atoms with Crippen molar-refractivity contribution in [1.29, 1.82) is 0 Å². The molecule has 1 atom stereocenters. The van der Waals surface area contributed by atoms with E-state index in [-0.39, 0.29) is 23.4 Å². The number of hydrogen-bond donors (Lipinski definition) is 2. The number of phenols is 1. The van der Waals surface area contributed by atoms with Gasteiger partial charge < -0.3 is 15.0 Å². The number of halogens is 2. The van der Waals surface area contributed by atoms with E-state index < -0.39 is 4.84 Å². The molecule has 31 heavy (non-hydrogen) atoms. The third kappa shape index (κ3) is 3.16. The maximum atomic E-state index is 13.5. The second kappa shape index (κ2) is 7.29. The van der Waals surface area contributed by atoms with Crippen LogP contribution < -0.4 is 4.90 Å². The summed E-state index contributed by atoms with van der Waals surface area (Å²) in [4.78, 5) is 29.2. The van der Waals surface area contributed by atoms with Crippen LogP contribution in [0.25, 0.3) is 21.7 Å². The summed E-state index contributed by atoms with van der Waals surface area (Å²) in [7, 11) is 0. The van der Waals surface area contributed by atoms with Gasteiger partial charge in [0.1, 0.15) is 16.3 Å². The number of ketones is 1. The number of amides is 1. The van der Waals surface area contributed by atoms with Gasteiger partial charge in [-0.25, -0.2) is 0 Å². The number of fused-ring (bicyclic) bond motifs is 4. The Morgan fingerprint density at radius 2 is 1.84 bits per heavy atom. The molecule has 1 aliphatic heterocycles. The smallest absolute Gasteiger partial charge is 0.274 e. The van der Waals surface area contributed by atoms with Crippen LogP contribution in [0.1, 0.15) is 39.3 Å². The first-order valence-electron chi connectivity index (χ1n) is 9.83. The van der Waals surface area contributed by atoms with Crippen LogP contribution in [0.15, 0.2) is 54.6 Å². The fourth-order valence-electron chi connectivity index (χ4n) is 4.37. The number of rotatable bonds is 3. The van der Waals surface area contributed by atoms with Gasteiger partial charge in [0.15, 0.2) is 5.78 Å². The second-order valence-electron chi connectivity index (χ2n) is 7.77. The second-order valence-corrected chi connectivity index (χ2v) is 8.94. The average molecular weight is 453 g/mol. The molecule has 5 nitrogen and oxygen atoms in total. The molecule has 2 heterocycles. The van der Waals surface area contributed by atoms with Gasteiger partial charge >= 0.3 is 0 Å². The number of carbonyl (C=O) groups excluding carboxylic acids is 2. The molecule has 0 aliphatic carbocycles. The molecule has 1 aliphatic rings. The number of alkyl halides is 2. The molecule has 156 valence electrons. The Labute approximate surface area is 188 Å². The highest BCUT2D eigenvalue weighted by atomic mass is 35.5. The van der Waals surface area contributed by atoms with Crippen LogP contribution >= 0.6 is 23.2 Å². The Balaban J connectivity index is 1.63. The molecule has 5 rings (SSSR count). The molecular weight excluding hydrogens is 435 g/mol. The summed E-state index contributed by atoms with van der Waals surface area (Å²) in [5.41, 5.74) is 3.18. The van der Waals surface area contributed by atoms with Gasteiger partial charge in [-0.2, -0.15) is 0 Å². The number of nitrogens with one attached hydrogen (secondary N) is 1. The van der Waals surface area contributed by atoms with E-state index in [1.165, 1.54) is 6.92 Å². The largest absolute Gasteiger partial charge is 0.507 e. The predicted octanol–water partition coefficient (Wildman–Crippen LogP) is 5.78. The molecule has 7 heteroatoms. The first-order valence-corrected chi connectivity index (χ1v) is 10.7. The quantitative estimate of drug-likeness (QED) is 0.305. The standard InChI is InChI=1S/C24H18Cl2N2O3/c1-12(29)13-6-7-18-14(8-13)9-19(27-18)24(31)28-11-17(23(25)26)22-16-5-3-2-4-15(16)21(30)10-20(22)28/h2-10,17,23,27,30H,11H2,1H3/t17-/m1/s1. The first-order chi connectivity index (χ1) is 14.8. The zero-order chi connectivity index (χ0) is 21.9. The van der Waals surface area contributed by atoms with Crippen molar-refractivity contribution < 1.29 is 14.7 Å². The van der Waals surface area contributed by atoms with Gasteiger partial charge in [0.25, 0.3) is 5.91 Å². The Bertz CT molecular complexity index is 1380. The Hall–Kier alpha value is -3.02. The molecule has 0 fully saturated rings. The van der Waals surface area contributed by atoms with E-state index in [0.717, 1.165) is 21.9 Å². The van der Waals surface area contributed by atoms with E-state index in [1.807, 2.05) is 24.3 Å². The minimum atomic E-state index is -0.717. The summed E-state index contributed by atoms with van der Waals surface area (Å²) in [6.07, 6.45) is 0. The van der Waals surface area contributed by atoms with E-state index in [1.54, 1.807) is 35.2 Å². The van der Waals surface area contributed by atoms with Gasteiger partial charge in [-0.05, 0) is 42.1 Å². The summed E-state index contributed by atoms with van der Waals surface area (Å²) in [6.45, 7) is 1.81. The Morgan fingerprint density at radius 3 is 2.55 bits per heavy atom. The van der Waals surface area contributed by atoms with Crippen LogP contribution in [0.4, 0.5) is 5.69 Å². The molecule has 2 N–H and O–H groups in total. The highest BCUT2D eigenvalue weighted by Crippen LogP contribution is 2.48. The van der Waals surface area contributed by atoms with Gasteiger partial charge in [0.2, 0.25) is 0 Å². The molecule has 0 spiro atoms. The van der Waals surface area contributed by atoms with Crippen molar-refractivity contribution in [3.63, 3.8) is 0 Å². The molecule has 4 aromatic rings. The minimum absolute atomic E-state index is 0.0371. The van der Waals surface area contributed by atoms with Gasteiger partial charge in [-0.1, -0.05) is 24.3 Å². The molecule has 0 unspecified atom stereocenters. The number of anilines is 1. The number of benzene rings is 3. The van der Waals surface area contributed by atoms with Gasteiger partial charge in [0.05, 0.1) is 5.69 Å². The minimum Gasteiger partial charge on any atom is -0.507 e. The highest BCUT2D eigenvalue weighted by molar-refractivity contribution is 6.45. The lowest BCUT2D eigenvalue weighted by atomic mass is 9.95. The first kappa shape index (κ1) is 19.9. The van der Waals surface area contributed by atoms with E-state index in [0.29, 0.717) is 28.9 Å². The monoisotopic (exact) mass is 452 g/mol. The summed E-state index contributed by atoms with van der Waals surface area (Å²) in [5, 5.41) is 12.9. The third-order valence-corrected chi connectivity index (χ3v) is 6.50. The van der Waals surface area contributed by atoms with Gasteiger partial charge in [0, 0.05) is 40.4 Å². The van der Waals surface area contributed by atoms with Crippen molar-refractivity contribution in [3.8, 4) is 5.75 Å². The number of aromatic amines is 1. The maximum Gasteiger partial charge on any atom is 0.274 e. The molecule has 0 bridgehead atoms. The molecule has 0 saturated carbocycles. The highest BCUT2D eigenvalue weighted by Gasteiger charge is 2.38. The van der Waals surface area contributed by atoms with Gasteiger partial charge in [-0.15, -0.1) is 23.2 Å². The number of aromatic nitrogens is 1. The number of hydrogen-bond acceptors (Lipinski definition) is 3. The summed E-state index contributed by atoms with van der Waals surface area (Å²) >= 11 is 12.6. The fourth-order valence-corrected chi connectivity index (χ4v) is 4.79. The lowest BCUT2D eigenvalue weighted by Gasteiger charge is -2.17. The molecule has 0 radical (unpaired) electrons. The van der Waals surface area contributed by atoms with E-state index in [9.17, 15) is 14.7 Å². The van der Waals surface area contributed by atoms with Crippen molar-refractivity contribution in [1.82, 2.24) is 4.98 Å². The number of H-pyrrole nitrogens is 1. The Morgan fingerprint density at radius 1 is 1.10 bits per heavy atom. The van der Waals surface area contributed by atoms with Gasteiger partial charge in [-0.3, -0.25) is 9.59 Å². The predicted molar refractivity (Wildman–Crippen MR) is 124 cm³/mol. The number of carbonyl (C=O) groups is 2. The number of aromatic hydroxyl groups is 1. The van der Waals surface area contributed by atoms with Crippen molar-refractivity contribution >= 4 is 62.3 Å². The zero-order valence-electron chi connectivity index (χ0n) is 16.5. The Kier molecular flexibility index (Phi) is 4.68. The summed E-state index contributed by atoms with van der Waals surface area (Å²) < 4.78 is 0. The molecule has 0 saturated heterocycles. The van der Waals surface area contributed by atoms with Crippen LogP contribution in [0, 0.1) is 0 Å². The van der Waals surface area contributed by atoms with E-state index in [2.05, 4.69) is 4.98 Å². The van der Waals surface area contributed by atoms with Crippen LogP contribution in [0.2, 0.25) is 0 Å².